The summed E-state index contributed by atoms with van der Waals surface area (Å²) in [5.41, 5.74) is 2.31. The summed E-state index contributed by atoms with van der Waals surface area (Å²) in [4.78, 5) is 20.4. The maximum Gasteiger partial charge on any atom is 0.490 e. The number of nitrogens with one attached hydrogen (secondary N) is 1. The first-order chi connectivity index (χ1) is 10.6. The molecule has 0 saturated heterocycles. The van der Waals surface area contributed by atoms with Gasteiger partial charge in [-0.05, 0) is 30.2 Å². The van der Waals surface area contributed by atoms with Gasteiger partial charge in [-0.15, -0.1) is 0 Å². The van der Waals surface area contributed by atoms with E-state index in [1.54, 1.807) is 6.07 Å². The fourth-order valence-corrected chi connectivity index (χ4v) is 2.61. The summed E-state index contributed by atoms with van der Waals surface area (Å²) in [6, 6.07) is 1.78. The summed E-state index contributed by atoms with van der Waals surface area (Å²) in [5.74, 6) is -3.25. The molecule has 5 nitrogen and oxygen atoms in total. The highest BCUT2D eigenvalue weighted by atomic mass is 35.5. The van der Waals surface area contributed by atoms with Crippen molar-refractivity contribution in [3.63, 3.8) is 0 Å². The maximum atomic E-state index is 11.5. The Balaban J connectivity index is 0.000000322. The Morgan fingerprint density at radius 3 is 2.39 bits per heavy atom. The number of ether oxygens (including phenoxy) is 1. The Kier molecular flexibility index (Phi) is 6.67. The standard InChI is InChI=1S/C11H11Cl2NO2.C2HF3O2/c1-16-11(15)9-8(12)4-6-5-14-3-2-7(6)10(9)13;3-2(4,5)1(6)7/h4,14H,2-3,5H2,1H3;(H,6,7). The van der Waals surface area contributed by atoms with Gasteiger partial charge in [0, 0.05) is 6.54 Å². The van der Waals surface area contributed by atoms with Crippen LogP contribution in [0.1, 0.15) is 21.5 Å². The minimum absolute atomic E-state index is 0.270. The van der Waals surface area contributed by atoms with Crippen molar-refractivity contribution in [2.75, 3.05) is 13.7 Å². The largest absolute Gasteiger partial charge is 0.490 e. The van der Waals surface area contributed by atoms with Crippen LogP contribution < -0.4 is 5.32 Å². The highest BCUT2D eigenvalue weighted by molar-refractivity contribution is 6.40. The molecule has 0 fully saturated rings. The van der Waals surface area contributed by atoms with Crippen LogP contribution in [-0.4, -0.2) is 36.9 Å². The van der Waals surface area contributed by atoms with Gasteiger partial charge in [-0.3, -0.25) is 0 Å². The van der Waals surface area contributed by atoms with Gasteiger partial charge in [0.1, 0.15) is 0 Å². The van der Waals surface area contributed by atoms with Gasteiger partial charge in [0.05, 0.1) is 22.7 Å². The smallest absolute Gasteiger partial charge is 0.475 e. The first-order valence-electron chi connectivity index (χ1n) is 6.18. The zero-order valence-corrected chi connectivity index (χ0v) is 13.3. The molecule has 0 saturated carbocycles. The molecular formula is C13H12Cl2F3NO4. The number of carboxylic acids is 1. The van der Waals surface area contributed by atoms with E-state index in [1.165, 1.54) is 7.11 Å². The molecule has 1 aliphatic heterocycles. The molecule has 2 N–H and O–H groups in total. The first kappa shape index (κ1) is 19.5. The third-order valence-corrected chi connectivity index (χ3v) is 3.63. The van der Waals surface area contributed by atoms with Gasteiger partial charge >= 0.3 is 18.1 Å². The zero-order chi connectivity index (χ0) is 17.8. The Bertz CT molecular complexity index is 620. The van der Waals surface area contributed by atoms with E-state index in [4.69, 9.17) is 33.1 Å². The number of hydrogen-bond donors (Lipinski definition) is 2. The number of rotatable bonds is 1. The predicted molar refractivity (Wildman–Crippen MR) is 76.9 cm³/mol. The number of carbonyl (C=O) groups excluding carboxylic acids is 1. The Labute approximate surface area is 139 Å². The molecule has 0 aliphatic carbocycles. The minimum Gasteiger partial charge on any atom is -0.475 e. The molecule has 10 heteroatoms. The third-order valence-electron chi connectivity index (χ3n) is 2.91. The third kappa shape index (κ3) is 4.98. The van der Waals surface area contributed by atoms with Gasteiger partial charge in [-0.25, -0.2) is 9.59 Å². The van der Waals surface area contributed by atoms with Crippen LogP contribution in [0.15, 0.2) is 6.07 Å². The van der Waals surface area contributed by atoms with Crippen molar-refractivity contribution in [1.82, 2.24) is 5.32 Å². The van der Waals surface area contributed by atoms with E-state index in [2.05, 4.69) is 10.1 Å². The molecule has 0 radical (unpaired) electrons. The van der Waals surface area contributed by atoms with Gasteiger partial charge in [0.15, 0.2) is 0 Å². The van der Waals surface area contributed by atoms with Gasteiger partial charge in [-0.2, -0.15) is 13.2 Å². The van der Waals surface area contributed by atoms with Crippen molar-refractivity contribution in [3.05, 3.63) is 32.8 Å². The van der Waals surface area contributed by atoms with E-state index in [9.17, 15) is 18.0 Å². The molecule has 0 unspecified atom stereocenters. The van der Waals surface area contributed by atoms with E-state index >= 15 is 0 Å². The van der Waals surface area contributed by atoms with Crippen molar-refractivity contribution in [2.24, 2.45) is 0 Å². The zero-order valence-electron chi connectivity index (χ0n) is 11.8. The number of hydrogen-bond acceptors (Lipinski definition) is 4. The van der Waals surface area contributed by atoms with Gasteiger partial charge in [0.25, 0.3) is 0 Å². The second-order valence-corrected chi connectivity index (χ2v) is 5.19. The van der Waals surface area contributed by atoms with Gasteiger partial charge in [0.2, 0.25) is 0 Å². The van der Waals surface area contributed by atoms with Gasteiger partial charge in [-0.1, -0.05) is 23.2 Å². The summed E-state index contributed by atoms with van der Waals surface area (Å²) in [7, 11) is 1.32. The van der Waals surface area contributed by atoms with Crippen LogP contribution in [0.25, 0.3) is 0 Å². The van der Waals surface area contributed by atoms with Crippen molar-refractivity contribution in [1.29, 1.82) is 0 Å². The number of benzene rings is 1. The second-order valence-electron chi connectivity index (χ2n) is 4.41. The normalized spacial score (nSPS) is 13.5. The summed E-state index contributed by atoms with van der Waals surface area (Å²) in [5, 5.41) is 11.1. The van der Waals surface area contributed by atoms with Crippen LogP contribution >= 0.6 is 23.2 Å². The summed E-state index contributed by atoms with van der Waals surface area (Å²) < 4.78 is 36.4. The Morgan fingerprint density at radius 1 is 1.35 bits per heavy atom. The van der Waals surface area contributed by atoms with E-state index in [1.807, 2.05) is 0 Å². The first-order valence-corrected chi connectivity index (χ1v) is 6.94. The van der Waals surface area contributed by atoms with Crippen molar-refractivity contribution in [2.45, 2.75) is 19.1 Å². The average molecular weight is 374 g/mol. The van der Waals surface area contributed by atoms with Crippen molar-refractivity contribution >= 4 is 35.1 Å². The van der Waals surface area contributed by atoms with Gasteiger partial charge < -0.3 is 15.2 Å². The topological polar surface area (TPSA) is 75.6 Å². The molecule has 1 aromatic carbocycles. The molecule has 128 valence electrons. The van der Waals surface area contributed by atoms with E-state index < -0.39 is 18.1 Å². The number of alkyl halides is 3. The van der Waals surface area contributed by atoms with Crippen LogP contribution in [0, 0.1) is 0 Å². The number of halogens is 5. The highest BCUT2D eigenvalue weighted by Gasteiger charge is 2.38. The lowest BCUT2D eigenvalue weighted by atomic mass is 9.98. The monoisotopic (exact) mass is 373 g/mol. The molecule has 1 aromatic rings. The van der Waals surface area contributed by atoms with Crippen LogP contribution in [0.4, 0.5) is 13.2 Å². The molecule has 1 aliphatic rings. The van der Waals surface area contributed by atoms with E-state index in [-0.39, 0.29) is 5.56 Å². The molecule has 23 heavy (non-hydrogen) atoms. The highest BCUT2D eigenvalue weighted by Crippen LogP contribution is 2.33. The number of esters is 1. The lowest BCUT2D eigenvalue weighted by molar-refractivity contribution is -0.192. The van der Waals surface area contributed by atoms with Crippen molar-refractivity contribution in [3.8, 4) is 0 Å². The van der Waals surface area contributed by atoms with Crippen molar-refractivity contribution < 1.29 is 32.6 Å². The summed E-state index contributed by atoms with van der Waals surface area (Å²) >= 11 is 12.2. The molecule has 0 spiro atoms. The number of carbonyl (C=O) groups is 2. The maximum absolute atomic E-state index is 11.5. The van der Waals surface area contributed by atoms with E-state index in [0.29, 0.717) is 10.0 Å². The number of methoxy groups -OCH3 is 1. The molecular weight excluding hydrogens is 362 g/mol. The molecule has 0 aromatic heterocycles. The summed E-state index contributed by atoms with van der Waals surface area (Å²) in [6.07, 6.45) is -4.28. The lowest BCUT2D eigenvalue weighted by Crippen LogP contribution is -2.24. The van der Waals surface area contributed by atoms with Crippen LogP contribution in [0.5, 0.6) is 0 Å². The lowest BCUT2D eigenvalue weighted by Gasteiger charge is -2.20. The number of fused-ring (bicyclic) bond motifs is 1. The quantitative estimate of drug-likeness (QED) is 0.740. The Hall–Kier alpha value is -1.51. The molecule has 1 heterocycles. The molecule has 0 amide bonds. The van der Waals surface area contributed by atoms with Crippen LogP contribution in [0.2, 0.25) is 10.0 Å². The second kappa shape index (κ2) is 7.85. The van der Waals surface area contributed by atoms with Crippen LogP contribution in [0.3, 0.4) is 0 Å². The predicted octanol–water partition coefficient (Wildman–Crippen LogP) is 3.06. The number of aliphatic carboxylic acids is 1. The average Bonchev–Trinajstić information content (AvgIpc) is 2.46. The molecule has 2 rings (SSSR count). The fraction of sp³-hybridized carbons (Fsp3) is 0.385. The summed E-state index contributed by atoms with van der Waals surface area (Å²) in [6.45, 7) is 1.59. The van der Waals surface area contributed by atoms with E-state index in [0.717, 1.165) is 30.6 Å². The number of carboxylic acid groups (broad SMARTS) is 1. The van der Waals surface area contributed by atoms with Crippen LogP contribution in [-0.2, 0) is 22.5 Å². The Morgan fingerprint density at radius 2 is 1.91 bits per heavy atom. The SMILES string of the molecule is COC(=O)c1c(Cl)cc2c(c1Cl)CCNC2.O=C(O)C(F)(F)F. The fourth-order valence-electron chi connectivity index (χ4n) is 1.86. The molecule has 0 atom stereocenters. The minimum atomic E-state index is -5.08. The molecule has 0 bridgehead atoms.